The highest BCUT2D eigenvalue weighted by atomic mass is 35.5. The molecule has 0 unspecified atom stereocenters. The van der Waals surface area contributed by atoms with Gasteiger partial charge in [-0.25, -0.2) is 4.90 Å². The van der Waals surface area contributed by atoms with Gasteiger partial charge in [-0.2, -0.15) is 0 Å². The molecule has 29 heavy (non-hydrogen) atoms. The molecule has 2 aromatic rings. The van der Waals surface area contributed by atoms with Crippen LogP contribution >= 0.6 is 23.4 Å². The fraction of sp³-hybridized carbons (Fsp3) is 0.273. The van der Waals surface area contributed by atoms with Crippen molar-refractivity contribution in [1.29, 1.82) is 0 Å². The van der Waals surface area contributed by atoms with Gasteiger partial charge in [0.25, 0.3) is 11.8 Å². The van der Waals surface area contributed by atoms with E-state index >= 15 is 0 Å². The van der Waals surface area contributed by atoms with Gasteiger partial charge in [0.1, 0.15) is 5.75 Å². The molecule has 7 heteroatoms. The highest BCUT2D eigenvalue weighted by molar-refractivity contribution is 8.04. The van der Waals surface area contributed by atoms with Crippen molar-refractivity contribution in [3.63, 3.8) is 0 Å². The SMILES string of the molecule is CC(C)COc1ccc(N2C(=O)C(SCCO)=C(c3ccc(Cl)cc3)C2=O)cc1. The Morgan fingerprint density at radius 1 is 1.03 bits per heavy atom. The standard InChI is InChI=1S/C22H22ClNO4S/c1-14(2)13-28-18-9-7-17(8-10-18)24-21(26)19(15-3-5-16(23)6-4-15)20(22(24)27)29-12-11-25/h3-10,14,25H,11-13H2,1-2H3. The molecular formula is C22H22ClNO4S. The third-order valence-electron chi connectivity index (χ3n) is 4.19. The largest absolute Gasteiger partial charge is 0.493 e. The van der Waals surface area contributed by atoms with Crippen LogP contribution in [0.2, 0.25) is 5.02 Å². The lowest BCUT2D eigenvalue weighted by molar-refractivity contribution is -0.119. The summed E-state index contributed by atoms with van der Waals surface area (Å²) in [4.78, 5) is 27.7. The Labute approximate surface area is 179 Å². The molecule has 0 spiro atoms. The minimum Gasteiger partial charge on any atom is -0.493 e. The second kappa shape index (κ2) is 9.48. The maximum absolute atomic E-state index is 13.2. The first kappa shape index (κ1) is 21.4. The molecule has 0 atom stereocenters. The summed E-state index contributed by atoms with van der Waals surface area (Å²) >= 11 is 7.14. The number of rotatable bonds is 8. The average molecular weight is 432 g/mol. The summed E-state index contributed by atoms with van der Waals surface area (Å²) in [6.45, 7) is 4.62. The van der Waals surface area contributed by atoms with Crippen molar-refractivity contribution in [2.75, 3.05) is 23.9 Å². The molecular weight excluding hydrogens is 410 g/mol. The third kappa shape index (κ3) is 4.83. The summed E-state index contributed by atoms with van der Waals surface area (Å²) in [6, 6.07) is 13.7. The fourth-order valence-corrected chi connectivity index (χ4v) is 3.84. The predicted octanol–water partition coefficient (Wildman–Crippen LogP) is 4.38. The molecule has 152 valence electrons. The fourth-order valence-electron chi connectivity index (χ4n) is 2.85. The van der Waals surface area contributed by atoms with E-state index in [0.717, 1.165) is 4.90 Å². The Balaban J connectivity index is 1.91. The first-order chi connectivity index (χ1) is 13.9. The normalized spacial score (nSPS) is 14.3. The number of benzene rings is 2. The van der Waals surface area contributed by atoms with Gasteiger partial charge >= 0.3 is 0 Å². The number of aliphatic hydroxyl groups excluding tert-OH is 1. The first-order valence-electron chi connectivity index (χ1n) is 9.28. The number of ether oxygens (including phenoxy) is 1. The van der Waals surface area contributed by atoms with Crippen molar-refractivity contribution in [1.82, 2.24) is 0 Å². The summed E-state index contributed by atoms with van der Waals surface area (Å²) in [5, 5.41) is 9.74. The van der Waals surface area contributed by atoms with Crippen LogP contribution in [0.3, 0.4) is 0 Å². The second-order valence-electron chi connectivity index (χ2n) is 6.93. The van der Waals surface area contributed by atoms with E-state index in [-0.39, 0.29) is 6.61 Å². The van der Waals surface area contributed by atoms with Gasteiger partial charge < -0.3 is 9.84 Å². The second-order valence-corrected chi connectivity index (χ2v) is 8.47. The van der Waals surface area contributed by atoms with Gasteiger partial charge in [-0.1, -0.05) is 37.6 Å². The van der Waals surface area contributed by atoms with E-state index in [9.17, 15) is 14.7 Å². The molecule has 5 nitrogen and oxygen atoms in total. The monoisotopic (exact) mass is 431 g/mol. The van der Waals surface area contributed by atoms with Crippen LogP contribution in [-0.2, 0) is 9.59 Å². The molecule has 2 amide bonds. The molecule has 0 aromatic heterocycles. The van der Waals surface area contributed by atoms with Gasteiger partial charge in [-0.15, -0.1) is 11.8 Å². The third-order valence-corrected chi connectivity index (χ3v) is 5.50. The van der Waals surface area contributed by atoms with Gasteiger partial charge in [0.15, 0.2) is 0 Å². The predicted molar refractivity (Wildman–Crippen MR) is 117 cm³/mol. The van der Waals surface area contributed by atoms with Crippen LogP contribution in [-0.4, -0.2) is 35.9 Å². The van der Waals surface area contributed by atoms with Gasteiger partial charge in [0.05, 0.1) is 29.4 Å². The lowest BCUT2D eigenvalue weighted by Crippen LogP contribution is -2.31. The van der Waals surface area contributed by atoms with Crippen molar-refractivity contribution >= 4 is 46.4 Å². The van der Waals surface area contributed by atoms with Gasteiger partial charge in [-0.3, -0.25) is 9.59 Å². The molecule has 3 rings (SSSR count). The lowest BCUT2D eigenvalue weighted by Gasteiger charge is -2.16. The van der Waals surface area contributed by atoms with E-state index in [0.29, 0.717) is 50.8 Å². The highest BCUT2D eigenvalue weighted by Crippen LogP contribution is 2.38. The van der Waals surface area contributed by atoms with E-state index in [1.165, 1.54) is 11.8 Å². The Morgan fingerprint density at radius 3 is 2.28 bits per heavy atom. The average Bonchev–Trinajstić information content (AvgIpc) is 2.95. The van der Waals surface area contributed by atoms with Crippen LogP contribution in [0.25, 0.3) is 5.57 Å². The summed E-state index contributed by atoms with van der Waals surface area (Å²) in [5.41, 5.74) is 1.42. The lowest BCUT2D eigenvalue weighted by atomic mass is 10.1. The first-order valence-corrected chi connectivity index (χ1v) is 10.6. The summed E-state index contributed by atoms with van der Waals surface area (Å²) in [7, 11) is 0. The number of hydrogen-bond donors (Lipinski definition) is 1. The number of hydrogen-bond acceptors (Lipinski definition) is 5. The topological polar surface area (TPSA) is 66.8 Å². The molecule has 1 aliphatic heterocycles. The Morgan fingerprint density at radius 2 is 1.69 bits per heavy atom. The number of thioether (sulfide) groups is 1. The highest BCUT2D eigenvalue weighted by Gasteiger charge is 2.40. The number of carbonyl (C=O) groups is 2. The summed E-state index contributed by atoms with van der Waals surface area (Å²) < 4.78 is 5.67. The number of imide groups is 1. The Kier molecular flexibility index (Phi) is 7.00. The Hall–Kier alpha value is -2.28. The van der Waals surface area contributed by atoms with Crippen LogP contribution in [0.1, 0.15) is 19.4 Å². The number of aliphatic hydroxyl groups is 1. The van der Waals surface area contributed by atoms with Crippen LogP contribution < -0.4 is 9.64 Å². The number of anilines is 1. The van der Waals surface area contributed by atoms with Crippen molar-refractivity contribution in [3.8, 4) is 5.75 Å². The molecule has 1 heterocycles. The maximum atomic E-state index is 13.2. The summed E-state index contributed by atoms with van der Waals surface area (Å²) in [6.07, 6.45) is 0. The number of carbonyl (C=O) groups excluding carboxylic acids is 2. The van der Waals surface area contributed by atoms with Crippen LogP contribution in [0.15, 0.2) is 53.4 Å². The molecule has 0 fully saturated rings. The van der Waals surface area contributed by atoms with Crippen LogP contribution in [0, 0.1) is 5.92 Å². The van der Waals surface area contributed by atoms with E-state index in [1.807, 2.05) is 0 Å². The molecule has 0 aliphatic carbocycles. The molecule has 0 radical (unpaired) electrons. The Bertz CT molecular complexity index is 923. The van der Waals surface area contributed by atoms with Crippen LogP contribution in [0.4, 0.5) is 5.69 Å². The van der Waals surface area contributed by atoms with Gasteiger partial charge in [0.2, 0.25) is 0 Å². The smallest absolute Gasteiger partial charge is 0.272 e. The molecule has 0 saturated carbocycles. The van der Waals surface area contributed by atoms with E-state index in [1.54, 1.807) is 48.5 Å². The van der Waals surface area contributed by atoms with Crippen molar-refractivity contribution in [2.24, 2.45) is 5.92 Å². The molecule has 1 N–H and O–H groups in total. The molecule has 1 aliphatic rings. The molecule has 0 bridgehead atoms. The number of amides is 2. The van der Waals surface area contributed by atoms with Crippen LogP contribution in [0.5, 0.6) is 5.75 Å². The minimum atomic E-state index is -0.395. The van der Waals surface area contributed by atoms with Crippen molar-refractivity contribution in [3.05, 3.63) is 64.0 Å². The van der Waals surface area contributed by atoms with Gasteiger partial charge in [0, 0.05) is 10.8 Å². The summed E-state index contributed by atoms with van der Waals surface area (Å²) in [5.74, 6) is 0.611. The number of nitrogens with zero attached hydrogens (tertiary/aromatic N) is 1. The van der Waals surface area contributed by atoms with Crippen molar-refractivity contribution < 1.29 is 19.4 Å². The zero-order chi connectivity index (χ0) is 21.0. The van der Waals surface area contributed by atoms with E-state index < -0.39 is 11.8 Å². The number of halogens is 1. The van der Waals surface area contributed by atoms with E-state index in [2.05, 4.69) is 13.8 Å². The zero-order valence-electron chi connectivity index (χ0n) is 16.2. The van der Waals surface area contributed by atoms with Crippen molar-refractivity contribution in [2.45, 2.75) is 13.8 Å². The van der Waals surface area contributed by atoms with Gasteiger partial charge in [-0.05, 0) is 47.9 Å². The maximum Gasteiger partial charge on any atom is 0.272 e. The zero-order valence-corrected chi connectivity index (χ0v) is 17.8. The molecule has 0 saturated heterocycles. The minimum absolute atomic E-state index is 0.0918. The molecule has 2 aromatic carbocycles. The quantitative estimate of drug-likeness (QED) is 0.628. The van der Waals surface area contributed by atoms with E-state index in [4.69, 9.17) is 16.3 Å².